The van der Waals surface area contributed by atoms with Gasteiger partial charge in [-0.2, -0.15) is 0 Å². The lowest BCUT2D eigenvalue weighted by Crippen LogP contribution is -2.22. The summed E-state index contributed by atoms with van der Waals surface area (Å²) in [5, 5.41) is 8.43. The van der Waals surface area contributed by atoms with Crippen molar-refractivity contribution >= 4 is 69.5 Å². The number of imidazole rings is 2. The highest BCUT2D eigenvalue weighted by atomic mass is 127. The van der Waals surface area contributed by atoms with Crippen molar-refractivity contribution in [1.82, 2.24) is 24.8 Å². The van der Waals surface area contributed by atoms with E-state index in [4.69, 9.17) is 5.11 Å². The monoisotopic (exact) mass is 611 g/mol. The van der Waals surface area contributed by atoms with Gasteiger partial charge in [-0.1, -0.05) is 20.3 Å². The van der Waals surface area contributed by atoms with Crippen molar-refractivity contribution in [3.05, 3.63) is 30.4 Å². The number of carbonyl (C=O) groups excluding carboxylic acids is 1. The van der Waals surface area contributed by atoms with E-state index >= 15 is 0 Å². The maximum absolute atomic E-state index is 11.3. The van der Waals surface area contributed by atoms with Crippen LogP contribution in [0.15, 0.2) is 0 Å². The SMILES string of the molecule is CCC.Cc1[nH]c(C(=O)N(C)C)nc1I.Cc1[nH]c(C(=O)O)nc1I.Cl. The fourth-order valence-corrected chi connectivity index (χ4v) is 2.04. The molecule has 11 heteroatoms. The van der Waals surface area contributed by atoms with Crippen LogP contribution in [0, 0.1) is 21.2 Å². The Bertz CT molecular complexity index is 677. The predicted molar refractivity (Wildman–Crippen MR) is 120 cm³/mol. The van der Waals surface area contributed by atoms with Crippen molar-refractivity contribution in [3.63, 3.8) is 0 Å². The van der Waals surface area contributed by atoms with E-state index < -0.39 is 5.97 Å². The van der Waals surface area contributed by atoms with Crippen molar-refractivity contribution in [2.75, 3.05) is 14.1 Å². The number of halogens is 3. The fourth-order valence-electron chi connectivity index (χ4n) is 1.29. The molecule has 0 spiro atoms. The van der Waals surface area contributed by atoms with Gasteiger partial charge in [-0.25, -0.2) is 14.8 Å². The highest BCUT2D eigenvalue weighted by molar-refractivity contribution is 14.1. The molecule has 2 aromatic rings. The summed E-state index contributed by atoms with van der Waals surface area (Å²) in [5.74, 6) is -0.712. The molecule has 0 atom stereocenters. The number of H-pyrrole nitrogens is 2. The molecule has 0 unspecified atom stereocenters. The van der Waals surface area contributed by atoms with Gasteiger partial charge in [0.1, 0.15) is 7.40 Å². The summed E-state index contributed by atoms with van der Waals surface area (Å²) in [6.07, 6.45) is 1.25. The lowest BCUT2D eigenvalue weighted by molar-refractivity contribution is 0.0684. The number of aromatic amines is 2. The first-order valence-electron chi connectivity index (χ1n) is 7.44. The lowest BCUT2D eigenvalue weighted by atomic mass is 10.5. The number of hydrogen-bond donors (Lipinski definition) is 3. The number of nitrogens with zero attached hydrogens (tertiary/aromatic N) is 3. The third-order valence-electron chi connectivity index (χ3n) is 2.46. The van der Waals surface area contributed by atoms with Gasteiger partial charge in [-0.05, 0) is 59.0 Å². The largest absolute Gasteiger partial charge is 0.475 e. The third kappa shape index (κ3) is 9.16. The van der Waals surface area contributed by atoms with Crippen molar-refractivity contribution in [3.8, 4) is 0 Å². The normalized spacial score (nSPS) is 9.08. The first kappa shape index (κ1) is 27.3. The Kier molecular flexibility index (Phi) is 14.0. The summed E-state index contributed by atoms with van der Waals surface area (Å²) in [6, 6.07) is 0. The maximum Gasteiger partial charge on any atom is 0.371 e. The zero-order valence-electron chi connectivity index (χ0n) is 15.5. The summed E-state index contributed by atoms with van der Waals surface area (Å²) >= 11 is 4.06. The van der Waals surface area contributed by atoms with Gasteiger partial charge in [0.05, 0.1) is 0 Å². The molecule has 0 radical (unpaired) electrons. The second kappa shape index (κ2) is 13.3. The molecule has 2 aromatic heterocycles. The average Bonchev–Trinajstić information content (AvgIpc) is 3.03. The van der Waals surface area contributed by atoms with Gasteiger partial charge in [0, 0.05) is 25.5 Å². The Labute approximate surface area is 186 Å². The van der Waals surface area contributed by atoms with E-state index in [0.717, 1.165) is 15.1 Å². The number of aromatic carboxylic acids is 1. The molecule has 2 heterocycles. The van der Waals surface area contributed by atoms with Crippen LogP contribution in [0.1, 0.15) is 52.9 Å². The minimum Gasteiger partial charge on any atom is -0.475 e. The van der Waals surface area contributed by atoms with Gasteiger partial charge < -0.3 is 20.0 Å². The molecule has 0 fully saturated rings. The summed E-state index contributed by atoms with van der Waals surface area (Å²) < 4.78 is 1.55. The number of carbonyl (C=O) groups is 2. The Morgan fingerprint density at radius 2 is 1.35 bits per heavy atom. The summed E-state index contributed by atoms with van der Waals surface area (Å²) in [4.78, 5) is 36.5. The zero-order chi connectivity index (χ0) is 19.7. The molecule has 0 saturated carbocycles. The van der Waals surface area contributed by atoms with Crippen LogP contribution < -0.4 is 0 Å². The van der Waals surface area contributed by atoms with Gasteiger partial charge in [-0.15, -0.1) is 12.4 Å². The molecule has 0 aliphatic carbocycles. The summed E-state index contributed by atoms with van der Waals surface area (Å²) in [6.45, 7) is 7.92. The first-order chi connectivity index (χ1) is 11.5. The number of amides is 1. The Balaban J connectivity index is 0. The van der Waals surface area contributed by atoms with Gasteiger partial charge in [0.25, 0.3) is 5.91 Å². The zero-order valence-corrected chi connectivity index (χ0v) is 20.6. The topological polar surface area (TPSA) is 115 Å². The van der Waals surface area contributed by atoms with Crippen molar-refractivity contribution < 1.29 is 14.7 Å². The molecule has 3 N–H and O–H groups in total. The Morgan fingerprint density at radius 1 is 1.00 bits per heavy atom. The second-order valence-corrected chi connectivity index (χ2v) is 7.26. The Morgan fingerprint density at radius 3 is 1.54 bits per heavy atom. The van der Waals surface area contributed by atoms with Crippen LogP contribution in [-0.2, 0) is 0 Å². The maximum atomic E-state index is 11.3. The van der Waals surface area contributed by atoms with Crippen LogP contribution in [-0.4, -0.2) is 55.9 Å². The van der Waals surface area contributed by atoms with Crippen LogP contribution in [0.25, 0.3) is 0 Å². The number of aryl methyl sites for hydroxylation is 2. The van der Waals surface area contributed by atoms with Gasteiger partial charge in [0.2, 0.25) is 5.82 Å². The molecule has 2 rings (SSSR count). The standard InChI is InChI=1S/C7H10IN3O.C5H5IN2O2.C3H8.ClH/c1-4-5(8)10-6(9-4)7(12)11(2)3;1-2-3(6)8-4(7-2)5(9)10;1-3-2;/h1-3H3,(H,9,10);1H3,(H,7,8)(H,9,10);3H2,1-2H3;1H. The number of nitrogens with one attached hydrogen (secondary N) is 2. The van der Waals surface area contributed by atoms with E-state index in [2.05, 4.69) is 56.4 Å². The molecular formula is C15H24ClI2N5O3. The number of carboxylic acid groups (broad SMARTS) is 1. The van der Waals surface area contributed by atoms with Crippen molar-refractivity contribution in [2.24, 2.45) is 0 Å². The summed E-state index contributed by atoms with van der Waals surface area (Å²) in [7, 11) is 3.40. The van der Waals surface area contributed by atoms with Gasteiger partial charge in [0.15, 0.2) is 5.82 Å². The highest BCUT2D eigenvalue weighted by Gasteiger charge is 2.13. The van der Waals surface area contributed by atoms with Gasteiger partial charge >= 0.3 is 5.97 Å². The Hall–Kier alpha value is -0.890. The summed E-state index contributed by atoms with van der Waals surface area (Å²) in [5.41, 5.74) is 1.72. The van der Waals surface area contributed by atoms with E-state index in [0.29, 0.717) is 9.53 Å². The lowest BCUT2D eigenvalue weighted by Gasteiger charge is -2.06. The van der Waals surface area contributed by atoms with Crippen LogP contribution >= 0.6 is 57.6 Å². The van der Waals surface area contributed by atoms with E-state index in [1.165, 1.54) is 11.3 Å². The van der Waals surface area contributed by atoms with E-state index in [1.807, 2.05) is 29.5 Å². The van der Waals surface area contributed by atoms with Crippen molar-refractivity contribution in [1.29, 1.82) is 0 Å². The average molecular weight is 612 g/mol. The molecule has 0 bridgehead atoms. The predicted octanol–water partition coefficient (Wildman–Crippen LogP) is 3.88. The van der Waals surface area contributed by atoms with E-state index in [9.17, 15) is 9.59 Å². The molecule has 0 saturated heterocycles. The van der Waals surface area contributed by atoms with E-state index in [-0.39, 0.29) is 24.1 Å². The molecule has 0 aliphatic heterocycles. The van der Waals surface area contributed by atoms with Gasteiger partial charge in [-0.3, -0.25) is 4.79 Å². The van der Waals surface area contributed by atoms with Crippen LogP contribution in [0.2, 0.25) is 0 Å². The second-order valence-electron chi connectivity index (χ2n) is 5.21. The van der Waals surface area contributed by atoms with E-state index in [1.54, 1.807) is 21.0 Å². The van der Waals surface area contributed by atoms with Crippen LogP contribution in [0.4, 0.5) is 0 Å². The van der Waals surface area contributed by atoms with Crippen molar-refractivity contribution in [2.45, 2.75) is 34.1 Å². The first-order valence-corrected chi connectivity index (χ1v) is 9.59. The minimum atomic E-state index is -1.02. The number of hydrogen-bond acceptors (Lipinski definition) is 4. The molecule has 26 heavy (non-hydrogen) atoms. The number of aromatic nitrogens is 4. The fraction of sp³-hybridized carbons (Fsp3) is 0.467. The van der Waals surface area contributed by atoms with Crippen LogP contribution in [0.3, 0.4) is 0 Å². The molecule has 148 valence electrons. The molecule has 0 aliphatic rings. The quantitative estimate of drug-likeness (QED) is 0.446. The third-order valence-corrected chi connectivity index (χ3v) is 4.56. The molecular weight excluding hydrogens is 587 g/mol. The highest BCUT2D eigenvalue weighted by Crippen LogP contribution is 2.08. The number of carboxylic acids is 1. The smallest absolute Gasteiger partial charge is 0.371 e. The molecule has 1 amide bonds. The molecule has 0 aromatic carbocycles. The van der Waals surface area contributed by atoms with Crippen LogP contribution in [0.5, 0.6) is 0 Å². The minimum absolute atomic E-state index is 0. The molecule has 8 nitrogen and oxygen atoms in total. The number of rotatable bonds is 2.